The summed E-state index contributed by atoms with van der Waals surface area (Å²) < 4.78 is 38.0. The maximum atomic E-state index is 12.7. The van der Waals surface area contributed by atoms with E-state index in [1.807, 2.05) is 0 Å². The van der Waals surface area contributed by atoms with Gasteiger partial charge in [-0.1, -0.05) is 30.9 Å². The summed E-state index contributed by atoms with van der Waals surface area (Å²) in [5, 5.41) is 3.09. The summed E-state index contributed by atoms with van der Waals surface area (Å²) in [7, 11) is 0. The average Bonchev–Trinajstić information content (AvgIpc) is 2.46. The number of hydrogen-bond acceptors (Lipinski definition) is 2. The van der Waals surface area contributed by atoms with Gasteiger partial charge >= 0.3 is 6.18 Å². The minimum Gasteiger partial charge on any atom is -0.355 e. The molecule has 0 aromatic heterocycles. The molecule has 0 radical (unpaired) electrons. The van der Waals surface area contributed by atoms with E-state index < -0.39 is 12.1 Å². The Morgan fingerprint density at radius 3 is 2.48 bits per heavy atom. The molecule has 1 atom stereocenters. The zero-order valence-electron chi connectivity index (χ0n) is 13.0. The minimum atomic E-state index is -4.23. The van der Waals surface area contributed by atoms with Crippen molar-refractivity contribution in [1.29, 1.82) is 0 Å². The van der Waals surface area contributed by atoms with Crippen LogP contribution in [-0.2, 0) is 0 Å². The van der Waals surface area contributed by atoms with E-state index in [0.717, 1.165) is 6.08 Å². The van der Waals surface area contributed by atoms with Gasteiger partial charge in [0.2, 0.25) is 0 Å². The fraction of sp³-hybridized carbons (Fsp3) is 0.278. The van der Waals surface area contributed by atoms with Crippen molar-refractivity contribution in [3.63, 3.8) is 0 Å². The Bertz CT molecular complexity index is 699. The summed E-state index contributed by atoms with van der Waals surface area (Å²) in [5.41, 5.74) is 3.18. The molecule has 1 aliphatic carbocycles. The number of nitrogens with one attached hydrogen (secondary N) is 1. The van der Waals surface area contributed by atoms with E-state index >= 15 is 0 Å². The van der Waals surface area contributed by atoms with Gasteiger partial charge in [-0.2, -0.15) is 13.2 Å². The summed E-state index contributed by atoms with van der Waals surface area (Å²) in [5.74, 6) is -1.53. The second-order valence-electron chi connectivity index (χ2n) is 5.59. The van der Waals surface area contributed by atoms with Gasteiger partial charge in [-0.25, -0.2) is 0 Å². The molecule has 0 heterocycles. The van der Waals surface area contributed by atoms with Crippen LogP contribution in [0.2, 0.25) is 0 Å². The predicted octanol–water partition coefficient (Wildman–Crippen LogP) is 5.36. The largest absolute Gasteiger partial charge is 0.395 e. The molecular formula is C18H18F3NO. The molecule has 2 rings (SSSR count). The monoisotopic (exact) mass is 321 g/mol. The summed E-state index contributed by atoms with van der Waals surface area (Å²) in [6, 6.07) is 5.22. The van der Waals surface area contributed by atoms with Crippen molar-refractivity contribution in [3.05, 3.63) is 59.8 Å². The molecule has 23 heavy (non-hydrogen) atoms. The first-order chi connectivity index (χ1) is 10.7. The lowest BCUT2D eigenvalue weighted by Gasteiger charge is -2.21. The zero-order chi connectivity index (χ0) is 17.2. The first kappa shape index (κ1) is 17.1. The normalized spacial score (nSPS) is 17.6. The molecule has 1 unspecified atom stereocenters. The standard InChI is InChI=1S/C18H18F3NO/c1-11(2)17-15(12(3)23)5-4-6-16(17)22-14-9-7-13(8-10-14)18(19,20)21/h4-7,9-10,13,22H,1,8H2,2-3H3. The van der Waals surface area contributed by atoms with Crippen molar-refractivity contribution in [3.8, 4) is 0 Å². The fourth-order valence-corrected chi connectivity index (χ4v) is 2.52. The lowest BCUT2D eigenvalue weighted by molar-refractivity contribution is -0.160. The SMILES string of the molecule is C=C(C)c1c(NC2=CCC(C(F)(F)F)C=C2)cccc1C(C)=O. The Morgan fingerprint density at radius 2 is 2.00 bits per heavy atom. The summed E-state index contributed by atoms with van der Waals surface area (Å²) in [6.07, 6.45) is -0.240. The van der Waals surface area contributed by atoms with Crippen molar-refractivity contribution in [1.82, 2.24) is 0 Å². The van der Waals surface area contributed by atoms with Crippen LogP contribution in [0.25, 0.3) is 5.57 Å². The van der Waals surface area contributed by atoms with Gasteiger partial charge in [0.25, 0.3) is 0 Å². The first-order valence-corrected chi connectivity index (χ1v) is 7.22. The van der Waals surface area contributed by atoms with Crippen LogP contribution in [0.15, 0.2) is 48.7 Å². The predicted molar refractivity (Wildman–Crippen MR) is 86.2 cm³/mol. The molecule has 0 aliphatic heterocycles. The van der Waals surface area contributed by atoms with Crippen LogP contribution < -0.4 is 5.32 Å². The van der Waals surface area contributed by atoms with Crippen LogP contribution in [-0.4, -0.2) is 12.0 Å². The smallest absolute Gasteiger partial charge is 0.355 e. The van der Waals surface area contributed by atoms with Crippen LogP contribution in [0.3, 0.4) is 0 Å². The van der Waals surface area contributed by atoms with Crippen molar-refractivity contribution in [2.24, 2.45) is 5.92 Å². The molecule has 0 saturated heterocycles. The first-order valence-electron chi connectivity index (χ1n) is 7.22. The molecule has 1 aromatic rings. The van der Waals surface area contributed by atoms with Gasteiger partial charge in [0.15, 0.2) is 5.78 Å². The van der Waals surface area contributed by atoms with Crippen LogP contribution in [0.1, 0.15) is 36.2 Å². The number of Topliss-reactive ketones (excluding diaryl/α,β-unsaturated/α-hetero) is 1. The Morgan fingerprint density at radius 1 is 1.30 bits per heavy atom. The highest BCUT2D eigenvalue weighted by molar-refractivity contribution is 6.01. The van der Waals surface area contributed by atoms with Gasteiger partial charge in [-0.05, 0) is 38.0 Å². The molecular weight excluding hydrogens is 303 g/mol. The highest BCUT2D eigenvalue weighted by Gasteiger charge is 2.37. The van der Waals surface area contributed by atoms with Crippen molar-refractivity contribution in [2.45, 2.75) is 26.4 Å². The van der Waals surface area contributed by atoms with Crippen LogP contribution in [0, 0.1) is 5.92 Å². The molecule has 1 aliphatic rings. The number of carbonyl (C=O) groups excluding carboxylic acids is 1. The summed E-state index contributed by atoms with van der Waals surface area (Å²) in [6.45, 7) is 7.15. The van der Waals surface area contributed by atoms with E-state index in [2.05, 4.69) is 11.9 Å². The lowest BCUT2D eigenvalue weighted by atomic mass is 9.96. The van der Waals surface area contributed by atoms with E-state index in [1.165, 1.54) is 19.1 Å². The van der Waals surface area contributed by atoms with Gasteiger partial charge in [-0.3, -0.25) is 4.79 Å². The number of anilines is 1. The molecule has 0 fully saturated rings. The van der Waals surface area contributed by atoms with Gasteiger partial charge < -0.3 is 5.32 Å². The Hall–Kier alpha value is -2.30. The number of ketones is 1. The van der Waals surface area contributed by atoms with Crippen molar-refractivity contribution >= 4 is 17.0 Å². The maximum Gasteiger partial charge on any atom is 0.395 e. The van der Waals surface area contributed by atoms with Crippen LogP contribution in [0.5, 0.6) is 0 Å². The third kappa shape index (κ3) is 3.92. The minimum absolute atomic E-state index is 0.0862. The Kier molecular flexibility index (Phi) is 4.78. The third-order valence-corrected chi connectivity index (χ3v) is 3.67. The second kappa shape index (κ2) is 6.44. The topological polar surface area (TPSA) is 29.1 Å². The lowest BCUT2D eigenvalue weighted by Crippen LogP contribution is -2.22. The van der Waals surface area contributed by atoms with Crippen LogP contribution >= 0.6 is 0 Å². The quantitative estimate of drug-likeness (QED) is 0.757. The van der Waals surface area contributed by atoms with E-state index in [-0.39, 0.29) is 12.2 Å². The average molecular weight is 321 g/mol. The summed E-state index contributed by atoms with van der Waals surface area (Å²) in [4.78, 5) is 11.7. The number of benzene rings is 1. The van der Waals surface area contributed by atoms with Crippen molar-refractivity contribution < 1.29 is 18.0 Å². The van der Waals surface area contributed by atoms with E-state index in [4.69, 9.17) is 0 Å². The van der Waals surface area contributed by atoms with E-state index in [1.54, 1.807) is 25.1 Å². The molecule has 0 bridgehead atoms. The van der Waals surface area contributed by atoms with Crippen molar-refractivity contribution in [2.75, 3.05) is 5.32 Å². The van der Waals surface area contributed by atoms with Gasteiger partial charge in [0.05, 0.1) is 5.92 Å². The van der Waals surface area contributed by atoms with Crippen LogP contribution in [0.4, 0.5) is 18.9 Å². The molecule has 2 nitrogen and oxygen atoms in total. The number of alkyl halides is 3. The second-order valence-corrected chi connectivity index (χ2v) is 5.59. The van der Waals surface area contributed by atoms with Gasteiger partial charge in [-0.15, -0.1) is 0 Å². The number of allylic oxidation sites excluding steroid dienone is 4. The highest BCUT2D eigenvalue weighted by atomic mass is 19.4. The Labute approximate surface area is 133 Å². The van der Waals surface area contributed by atoms with Gasteiger partial charge in [0, 0.05) is 22.5 Å². The maximum absolute atomic E-state index is 12.7. The van der Waals surface area contributed by atoms with E-state index in [0.29, 0.717) is 28.1 Å². The van der Waals surface area contributed by atoms with E-state index in [9.17, 15) is 18.0 Å². The Balaban J connectivity index is 2.27. The number of carbonyl (C=O) groups is 1. The molecule has 5 heteroatoms. The molecule has 1 N–H and O–H groups in total. The molecule has 0 spiro atoms. The fourth-order valence-electron chi connectivity index (χ4n) is 2.52. The third-order valence-electron chi connectivity index (χ3n) is 3.67. The number of rotatable bonds is 4. The molecule has 0 amide bonds. The molecule has 122 valence electrons. The molecule has 1 aromatic carbocycles. The number of halogens is 3. The zero-order valence-corrected chi connectivity index (χ0v) is 13.0. The number of hydrogen-bond donors (Lipinski definition) is 1. The highest BCUT2D eigenvalue weighted by Crippen LogP contribution is 2.34. The molecule has 0 saturated carbocycles. The summed E-state index contributed by atoms with van der Waals surface area (Å²) >= 11 is 0. The van der Waals surface area contributed by atoms with Gasteiger partial charge in [0.1, 0.15) is 0 Å².